The topological polar surface area (TPSA) is 50.2 Å². The van der Waals surface area contributed by atoms with Gasteiger partial charge in [-0.15, -0.1) is 0 Å². The van der Waals surface area contributed by atoms with Crippen molar-refractivity contribution in [2.24, 2.45) is 0 Å². The lowest BCUT2D eigenvalue weighted by Crippen LogP contribution is -1.95. The molecule has 4 nitrogen and oxygen atoms in total. The van der Waals surface area contributed by atoms with Gasteiger partial charge in [0.1, 0.15) is 0 Å². The van der Waals surface area contributed by atoms with Crippen molar-refractivity contribution >= 4 is 11.4 Å². The minimum Gasteiger partial charge on any atom is -0.300 e. The molecule has 0 aliphatic rings. The number of carbonyl (C=O) groups excluding carboxylic acids is 1. The first-order valence-corrected chi connectivity index (χ1v) is 5.38. The number of nitrogens with one attached hydrogen (secondary N) is 1. The number of nitrogens with zero attached hydrogens (tertiary/aromatic N) is 2. The van der Waals surface area contributed by atoms with Gasteiger partial charge in [0, 0.05) is 23.4 Å². The van der Waals surface area contributed by atoms with Gasteiger partial charge in [0.05, 0.1) is 11.9 Å². The normalized spacial score (nSPS) is 10.9. The summed E-state index contributed by atoms with van der Waals surface area (Å²) in [6, 6.07) is 9.40. The van der Waals surface area contributed by atoms with Crippen LogP contribution >= 0.6 is 0 Å². The number of ketones is 1. The fraction of sp³-hybridized carbons (Fsp3) is 0.0769. The predicted molar refractivity (Wildman–Crippen MR) is 65.0 cm³/mol. The zero-order chi connectivity index (χ0) is 11.8. The Morgan fingerprint density at radius 2 is 2.12 bits per heavy atom. The van der Waals surface area contributed by atoms with Gasteiger partial charge in [0.2, 0.25) is 0 Å². The van der Waals surface area contributed by atoms with E-state index in [9.17, 15) is 4.79 Å². The van der Waals surface area contributed by atoms with E-state index in [0.717, 1.165) is 16.9 Å². The summed E-state index contributed by atoms with van der Waals surface area (Å²) in [4.78, 5) is 16.0. The molecule has 4 heteroatoms. The average Bonchev–Trinajstić information content (AvgIpc) is 2.88. The molecular weight excluding hydrogens is 214 g/mol. The molecule has 1 N–H and O–H groups in total. The van der Waals surface area contributed by atoms with E-state index in [1.807, 2.05) is 47.2 Å². The molecule has 0 unspecified atom stereocenters. The average molecular weight is 225 g/mol. The summed E-state index contributed by atoms with van der Waals surface area (Å²) >= 11 is 0. The lowest BCUT2D eigenvalue weighted by molar-refractivity contribution is 0.101. The van der Waals surface area contributed by atoms with Crippen LogP contribution in [-0.2, 0) is 0 Å². The third kappa shape index (κ3) is 1.54. The van der Waals surface area contributed by atoms with E-state index in [-0.39, 0.29) is 5.78 Å². The van der Waals surface area contributed by atoms with Crippen molar-refractivity contribution in [3.8, 4) is 11.3 Å². The summed E-state index contributed by atoms with van der Waals surface area (Å²) < 4.78 is 1.83. The van der Waals surface area contributed by atoms with Crippen LogP contribution in [0.1, 0.15) is 17.3 Å². The molecule has 2 aromatic heterocycles. The maximum absolute atomic E-state index is 11.6. The van der Waals surface area contributed by atoms with E-state index < -0.39 is 0 Å². The lowest BCUT2D eigenvalue weighted by atomic mass is 10.0. The molecule has 84 valence electrons. The third-order valence-electron chi connectivity index (χ3n) is 2.76. The van der Waals surface area contributed by atoms with E-state index in [4.69, 9.17) is 0 Å². The van der Waals surface area contributed by atoms with Crippen LogP contribution in [0.25, 0.3) is 16.9 Å². The Kier molecular flexibility index (Phi) is 2.08. The molecule has 0 aliphatic carbocycles. The Balaban J connectivity index is 2.21. The second kappa shape index (κ2) is 3.59. The van der Waals surface area contributed by atoms with Crippen molar-refractivity contribution < 1.29 is 4.79 Å². The monoisotopic (exact) mass is 225 g/mol. The summed E-state index contributed by atoms with van der Waals surface area (Å²) in [6.07, 6.45) is 3.71. The fourth-order valence-corrected chi connectivity index (χ4v) is 1.95. The number of Topliss-reactive ketones (excluding diaryl/α,β-unsaturated/α-hetero) is 1. The van der Waals surface area contributed by atoms with Crippen LogP contribution in [0.2, 0.25) is 0 Å². The van der Waals surface area contributed by atoms with Crippen molar-refractivity contribution in [1.82, 2.24) is 14.6 Å². The number of benzene rings is 1. The molecule has 0 atom stereocenters. The fourth-order valence-electron chi connectivity index (χ4n) is 1.95. The SMILES string of the molecule is CC(=O)c1ccccc1-c1cn2[nH]ccc2n1. The molecule has 1 aromatic carbocycles. The molecule has 17 heavy (non-hydrogen) atoms. The van der Waals surface area contributed by atoms with Gasteiger partial charge >= 0.3 is 0 Å². The van der Waals surface area contributed by atoms with Crippen molar-refractivity contribution in [3.05, 3.63) is 48.3 Å². The summed E-state index contributed by atoms with van der Waals surface area (Å²) in [5.41, 5.74) is 3.23. The first-order chi connectivity index (χ1) is 8.25. The number of rotatable bonds is 2. The van der Waals surface area contributed by atoms with E-state index in [2.05, 4.69) is 10.1 Å². The Bertz CT molecular complexity index is 665. The van der Waals surface area contributed by atoms with E-state index in [1.54, 1.807) is 6.92 Å². The first-order valence-electron chi connectivity index (χ1n) is 5.38. The van der Waals surface area contributed by atoms with Crippen LogP contribution < -0.4 is 0 Å². The highest BCUT2D eigenvalue weighted by Crippen LogP contribution is 2.23. The molecule has 0 radical (unpaired) electrons. The molecule has 0 spiro atoms. The van der Waals surface area contributed by atoms with Crippen LogP contribution in [0.3, 0.4) is 0 Å². The Labute approximate surface area is 97.9 Å². The van der Waals surface area contributed by atoms with Gasteiger partial charge in [-0.1, -0.05) is 24.3 Å². The number of hydrogen-bond donors (Lipinski definition) is 1. The minimum atomic E-state index is 0.0530. The quantitative estimate of drug-likeness (QED) is 0.681. The smallest absolute Gasteiger partial charge is 0.160 e. The third-order valence-corrected chi connectivity index (χ3v) is 2.76. The highest BCUT2D eigenvalue weighted by molar-refractivity contribution is 6.00. The Morgan fingerprint density at radius 1 is 1.29 bits per heavy atom. The Hall–Kier alpha value is -2.36. The summed E-state index contributed by atoms with van der Waals surface area (Å²) in [5.74, 6) is 0.0530. The van der Waals surface area contributed by atoms with E-state index >= 15 is 0 Å². The van der Waals surface area contributed by atoms with Crippen LogP contribution in [0, 0.1) is 0 Å². The van der Waals surface area contributed by atoms with Gasteiger partial charge in [-0.3, -0.25) is 4.79 Å². The zero-order valence-electron chi connectivity index (χ0n) is 9.34. The maximum atomic E-state index is 11.6. The number of fused-ring (bicyclic) bond motifs is 1. The van der Waals surface area contributed by atoms with E-state index in [1.165, 1.54) is 0 Å². The van der Waals surface area contributed by atoms with Gasteiger partial charge < -0.3 is 5.10 Å². The second-order valence-corrected chi connectivity index (χ2v) is 3.92. The molecular formula is C13H11N3O. The van der Waals surface area contributed by atoms with Gasteiger partial charge in [0.15, 0.2) is 11.4 Å². The summed E-state index contributed by atoms with van der Waals surface area (Å²) in [5, 5.41) is 3.03. The molecule has 0 saturated carbocycles. The number of hydrogen-bond acceptors (Lipinski definition) is 2. The van der Waals surface area contributed by atoms with Crippen LogP contribution in [0.15, 0.2) is 42.7 Å². The van der Waals surface area contributed by atoms with Crippen LogP contribution in [0.5, 0.6) is 0 Å². The van der Waals surface area contributed by atoms with Crippen molar-refractivity contribution in [2.45, 2.75) is 6.92 Å². The second-order valence-electron chi connectivity index (χ2n) is 3.92. The number of aromatic nitrogens is 3. The molecule has 3 rings (SSSR count). The molecule has 0 saturated heterocycles. The lowest BCUT2D eigenvalue weighted by Gasteiger charge is -2.02. The van der Waals surface area contributed by atoms with Crippen molar-refractivity contribution in [1.29, 1.82) is 0 Å². The number of H-pyrrole nitrogens is 1. The van der Waals surface area contributed by atoms with Crippen molar-refractivity contribution in [3.63, 3.8) is 0 Å². The summed E-state index contributed by atoms with van der Waals surface area (Å²) in [6.45, 7) is 1.57. The highest BCUT2D eigenvalue weighted by Gasteiger charge is 2.11. The molecule has 0 fully saturated rings. The number of carbonyl (C=O) groups is 1. The summed E-state index contributed by atoms with van der Waals surface area (Å²) in [7, 11) is 0. The van der Waals surface area contributed by atoms with Crippen LogP contribution in [-0.4, -0.2) is 20.4 Å². The molecule has 0 aliphatic heterocycles. The van der Waals surface area contributed by atoms with Crippen LogP contribution in [0.4, 0.5) is 0 Å². The number of aromatic amines is 1. The van der Waals surface area contributed by atoms with Gasteiger partial charge in [-0.05, 0) is 6.92 Å². The van der Waals surface area contributed by atoms with Crippen molar-refractivity contribution in [2.75, 3.05) is 0 Å². The molecule has 0 bridgehead atoms. The number of imidazole rings is 1. The van der Waals surface area contributed by atoms with Gasteiger partial charge in [0.25, 0.3) is 0 Å². The van der Waals surface area contributed by atoms with Gasteiger partial charge in [-0.2, -0.15) is 0 Å². The highest BCUT2D eigenvalue weighted by atomic mass is 16.1. The molecule has 3 aromatic rings. The molecule has 2 heterocycles. The Morgan fingerprint density at radius 3 is 2.88 bits per heavy atom. The standard InChI is InChI=1S/C13H11N3O/c1-9(17)10-4-2-3-5-11(10)12-8-16-13(15-12)6-7-14-16/h2-8,14H,1H3. The van der Waals surface area contributed by atoms with Gasteiger partial charge in [-0.25, -0.2) is 9.50 Å². The van der Waals surface area contributed by atoms with E-state index in [0.29, 0.717) is 5.56 Å². The molecule has 0 amide bonds. The first kappa shape index (κ1) is 9.84. The largest absolute Gasteiger partial charge is 0.300 e. The zero-order valence-corrected chi connectivity index (χ0v) is 9.34. The minimum absolute atomic E-state index is 0.0530. The maximum Gasteiger partial charge on any atom is 0.160 e. The predicted octanol–water partition coefficient (Wildman–Crippen LogP) is 2.53.